The van der Waals surface area contributed by atoms with Crippen molar-refractivity contribution >= 4 is 23.4 Å². The third-order valence-corrected chi connectivity index (χ3v) is 5.75. The van der Waals surface area contributed by atoms with Crippen molar-refractivity contribution in [1.29, 1.82) is 0 Å². The molecule has 0 spiro atoms. The summed E-state index contributed by atoms with van der Waals surface area (Å²) in [6.45, 7) is 9.70. The fraction of sp³-hybridized carbons (Fsp3) is 0.269. The Bertz CT molecular complexity index is 1160. The molecule has 31 heavy (non-hydrogen) atoms. The highest BCUT2D eigenvalue weighted by atomic mass is 35.5. The van der Waals surface area contributed by atoms with Crippen molar-refractivity contribution < 1.29 is 9.13 Å². The fourth-order valence-electron chi connectivity index (χ4n) is 3.76. The molecule has 0 radical (unpaired) electrons. The Morgan fingerprint density at radius 3 is 2.23 bits per heavy atom. The molecule has 3 nitrogen and oxygen atoms in total. The zero-order valence-electron chi connectivity index (χ0n) is 18.4. The maximum absolute atomic E-state index is 13.3. The SMILES string of the molecule is Cc1c(C)n(Cc2ccc(F)cc2)c2c(OCc3ccc(C(C)C)cc3)ccnc12.Cl. The Morgan fingerprint density at radius 2 is 1.58 bits per heavy atom. The summed E-state index contributed by atoms with van der Waals surface area (Å²) in [4.78, 5) is 4.60. The molecule has 4 rings (SSSR count). The van der Waals surface area contributed by atoms with Gasteiger partial charge in [0.05, 0.1) is 5.52 Å². The monoisotopic (exact) mass is 438 g/mol. The molecule has 0 saturated carbocycles. The predicted octanol–water partition coefficient (Wildman–Crippen LogP) is 6.96. The molecule has 162 valence electrons. The van der Waals surface area contributed by atoms with Crippen LogP contribution in [0.3, 0.4) is 0 Å². The summed E-state index contributed by atoms with van der Waals surface area (Å²) in [5.41, 5.74) is 7.70. The van der Waals surface area contributed by atoms with Gasteiger partial charge in [0, 0.05) is 24.5 Å². The minimum Gasteiger partial charge on any atom is -0.487 e. The molecule has 0 fully saturated rings. The van der Waals surface area contributed by atoms with Crippen LogP contribution in [0.4, 0.5) is 4.39 Å². The number of ether oxygens (including phenoxy) is 1. The minimum absolute atomic E-state index is 0. The molecular weight excluding hydrogens is 411 g/mol. The van der Waals surface area contributed by atoms with Crippen LogP contribution in [0.2, 0.25) is 0 Å². The third kappa shape index (κ3) is 4.75. The lowest BCUT2D eigenvalue weighted by atomic mass is 10.0. The van der Waals surface area contributed by atoms with Crippen LogP contribution in [0.1, 0.15) is 47.7 Å². The van der Waals surface area contributed by atoms with Gasteiger partial charge in [0.1, 0.15) is 23.7 Å². The summed E-state index contributed by atoms with van der Waals surface area (Å²) in [7, 11) is 0. The second kappa shape index (κ2) is 9.52. The van der Waals surface area contributed by atoms with Gasteiger partial charge < -0.3 is 9.30 Å². The van der Waals surface area contributed by atoms with Crippen LogP contribution in [0.15, 0.2) is 60.8 Å². The first kappa shape index (κ1) is 22.8. The number of aryl methyl sites for hydroxylation is 1. The van der Waals surface area contributed by atoms with Crippen molar-refractivity contribution in [2.45, 2.75) is 46.8 Å². The Morgan fingerprint density at radius 1 is 0.935 bits per heavy atom. The molecule has 0 saturated heterocycles. The molecule has 0 atom stereocenters. The summed E-state index contributed by atoms with van der Waals surface area (Å²) in [5, 5.41) is 0. The molecule has 0 bridgehead atoms. The van der Waals surface area contributed by atoms with E-state index in [9.17, 15) is 4.39 Å². The van der Waals surface area contributed by atoms with Crippen LogP contribution in [0.25, 0.3) is 11.0 Å². The van der Waals surface area contributed by atoms with Gasteiger partial charge in [-0.15, -0.1) is 12.4 Å². The topological polar surface area (TPSA) is 27.1 Å². The second-order valence-electron chi connectivity index (χ2n) is 8.11. The number of fused-ring (bicyclic) bond motifs is 1. The standard InChI is InChI=1S/C26H27FN2O.ClH/c1-17(2)22-9-5-21(6-10-22)16-30-24-13-14-28-25-18(3)19(4)29(26(24)25)15-20-7-11-23(27)12-8-20;/h5-14,17H,15-16H2,1-4H3;1H. The summed E-state index contributed by atoms with van der Waals surface area (Å²) >= 11 is 0. The van der Waals surface area contributed by atoms with Crippen LogP contribution >= 0.6 is 12.4 Å². The van der Waals surface area contributed by atoms with E-state index in [0.29, 0.717) is 19.1 Å². The molecule has 0 N–H and O–H groups in total. The van der Waals surface area contributed by atoms with E-state index in [1.54, 1.807) is 6.20 Å². The van der Waals surface area contributed by atoms with Crippen molar-refractivity contribution in [2.75, 3.05) is 0 Å². The van der Waals surface area contributed by atoms with Crippen molar-refractivity contribution in [3.05, 3.63) is 94.6 Å². The van der Waals surface area contributed by atoms with Crippen molar-refractivity contribution in [1.82, 2.24) is 9.55 Å². The highest BCUT2D eigenvalue weighted by Gasteiger charge is 2.17. The lowest BCUT2D eigenvalue weighted by Crippen LogP contribution is -2.04. The Balaban J connectivity index is 0.00000272. The van der Waals surface area contributed by atoms with Crippen LogP contribution in [0.5, 0.6) is 5.75 Å². The lowest BCUT2D eigenvalue weighted by molar-refractivity contribution is 0.308. The van der Waals surface area contributed by atoms with Gasteiger partial charge in [-0.05, 0) is 54.2 Å². The Labute approximate surface area is 189 Å². The van der Waals surface area contributed by atoms with E-state index in [4.69, 9.17) is 4.74 Å². The van der Waals surface area contributed by atoms with E-state index in [0.717, 1.165) is 39.2 Å². The van der Waals surface area contributed by atoms with Gasteiger partial charge in [0.15, 0.2) is 0 Å². The normalized spacial score (nSPS) is 11.0. The van der Waals surface area contributed by atoms with Crippen molar-refractivity contribution in [3.63, 3.8) is 0 Å². The van der Waals surface area contributed by atoms with E-state index >= 15 is 0 Å². The predicted molar refractivity (Wildman–Crippen MR) is 127 cm³/mol. The van der Waals surface area contributed by atoms with E-state index in [1.807, 2.05) is 18.2 Å². The van der Waals surface area contributed by atoms with E-state index in [-0.39, 0.29) is 18.2 Å². The van der Waals surface area contributed by atoms with Crippen LogP contribution in [0, 0.1) is 19.7 Å². The number of pyridine rings is 1. The average Bonchev–Trinajstić information content (AvgIpc) is 2.99. The van der Waals surface area contributed by atoms with Gasteiger partial charge in [-0.1, -0.05) is 50.2 Å². The number of aromatic nitrogens is 2. The second-order valence-corrected chi connectivity index (χ2v) is 8.11. The smallest absolute Gasteiger partial charge is 0.147 e. The summed E-state index contributed by atoms with van der Waals surface area (Å²) in [6, 6.07) is 17.1. The average molecular weight is 439 g/mol. The number of rotatable bonds is 6. The number of halogens is 2. The molecule has 2 heterocycles. The van der Waals surface area contributed by atoms with Gasteiger partial charge in [0.25, 0.3) is 0 Å². The number of hydrogen-bond donors (Lipinski definition) is 0. The van der Waals surface area contributed by atoms with E-state index in [1.165, 1.54) is 17.7 Å². The van der Waals surface area contributed by atoms with Gasteiger partial charge >= 0.3 is 0 Å². The zero-order valence-corrected chi connectivity index (χ0v) is 19.2. The van der Waals surface area contributed by atoms with Crippen molar-refractivity contribution in [2.24, 2.45) is 0 Å². The van der Waals surface area contributed by atoms with Crippen LogP contribution in [-0.4, -0.2) is 9.55 Å². The van der Waals surface area contributed by atoms with E-state index in [2.05, 4.69) is 61.5 Å². The molecular formula is C26H28ClFN2O. The summed E-state index contributed by atoms with van der Waals surface area (Å²) in [6.07, 6.45) is 1.80. The van der Waals surface area contributed by atoms with Gasteiger partial charge in [-0.2, -0.15) is 0 Å². The van der Waals surface area contributed by atoms with E-state index < -0.39 is 0 Å². The molecule has 0 unspecified atom stereocenters. The molecule has 0 aliphatic heterocycles. The minimum atomic E-state index is -0.224. The van der Waals surface area contributed by atoms with Gasteiger partial charge in [-0.3, -0.25) is 4.98 Å². The molecule has 2 aromatic heterocycles. The first-order valence-corrected chi connectivity index (χ1v) is 10.3. The molecule has 5 heteroatoms. The molecule has 0 aliphatic carbocycles. The number of benzene rings is 2. The Hall–Kier alpha value is -2.85. The summed E-state index contributed by atoms with van der Waals surface area (Å²) < 4.78 is 21.8. The quantitative estimate of drug-likeness (QED) is 0.325. The number of nitrogens with zero attached hydrogens (tertiary/aromatic N) is 2. The maximum atomic E-state index is 13.3. The Kier molecular flexibility index (Phi) is 7.01. The van der Waals surface area contributed by atoms with Gasteiger partial charge in [0.2, 0.25) is 0 Å². The fourth-order valence-corrected chi connectivity index (χ4v) is 3.76. The molecule has 0 aliphatic rings. The van der Waals surface area contributed by atoms with Crippen LogP contribution in [-0.2, 0) is 13.2 Å². The third-order valence-electron chi connectivity index (χ3n) is 5.75. The lowest BCUT2D eigenvalue weighted by Gasteiger charge is -2.13. The molecule has 0 amide bonds. The molecule has 2 aromatic carbocycles. The summed E-state index contributed by atoms with van der Waals surface area (Å²) in [5.74, 6) is 1.10. The number of hydrogen-bond acceptors (Lipinski definition) is 2. The van der Waals surface area contributed by atoms with Gasteiger partial charge in [-0.25, -0.2) is 4.39 Å². The zero-order chi connectivity index (χ0) is 21.3. The maximum Gasteiger partial charge on any atom is 0.147 e. The van der Waals surface area contributed by atoms with Crippen molar-refractivity contribution in [3.8, 4) is 5.75 Å². The largest absolute Gasteiger partial charge is 0.487 e. The first-order chi connectivity index (χ1) is 14.4. The molecule has 4 aromatic rings. The highest BCUT2D eigenvalue weighted by Crippen LogP contribution is 2.32. The van der Waals surface area contributed by atoms with Crippen LogP contribution < -0.4 is 4.74 Å². The highest BCUT2D eigenvalue weighted by molar-refractivity contribution is 5.86. The first-order valence-electron chi connectivity index (χ1n) is 10.3.